The summed E-state index contributed by atoms with van der Waals surface area (Å²) in [7, 11) is 3.78. The van der Waals surface area contributed by atoms with Gasteiger partial charge in [-0.05, 0) is 122 Å². The highest BCUT2D eigenvalue weighted by molar-refractivity contribution is 5.69. The Morgan fingerprint density at radius 1 is 0.889 bits per heavy atom. The molecule has 4 heteroatoms. The quantitative estimate of drug-likeness (QED) is 0.376. The first-order chi connectivity index (χ1) is 17.5. The Hall–Kier alpha value is -2.98. The van der Waals surface area contributed by atoms with Gasteiger partial charge in [-0.1, -0.05) is 12.1 Å². The molecule has 36 heavy (non-hydrogen) atoms. The fraction of sp³-hybridized carbons (Fsp3) is 0.438. The lowest BCUT2D eigenvalue weighted by atomic mass is 9.44. The van der Waals surface area contributed by atoms with Gasteiger partial charge in [-0.3, -0.25) is 0 Å². The molecular weight excluding hydrogens is 444 g/mol. The van der Waals surface area contributed by atoms with E-state index in [1.807, 2.05) is 18.2 Å². The van der Waals surface area contributed by atoms with Crippen LogP contribution in [0.2, 0.25) is 0 Å². The summed E-state index contributed by atoms with van der Waals surface area (Å²) in [5.74, 6) is 3.77. The molecule has 3 bridgehead atoms. The number of aliphatic hydroxyl groups is 1. The number of aliphatic hydroxyl groups excluding tert-OH is 1. The van der Waals surface area contributed by atoms with E-state index in [-0.39, 0.29) is 6.61 Å². The molecule has 3 aromatic carbocycles. The van der Waals surface area contributed by atoms with E-state index in [2.05, 4.69) is 65.8 Å². The number of hydrogen-bond donors (Lipinski definition) is 2. The van der Waals surface area contributed by atoms with Crippen LogP contribution in [0.15, 0.2) is 66.7 Å². The van der Waals surface area contributed by atoms with E-state index >= 15 is 0 Å². The van der Waals surface area contributed by atoms with Crippen LogP contribution in [-0.4, -0.2) is 19.3 Å². The van der Waals surface area contributed by atoms with Crippen LogP contribution in [0.5, 0.6) is 5.75 Å². The second-order valence-corrected chi connectivity index (χ2v) is 11.9. The third-order valence-corrected chi connectivity index (χ3v) is 10.4. The summed E-state index contributed by atoms with van der Waals surface area (Å²) in [6, 6.07) is 23.7. The summed E-state index contributed by atoms with van der Waals surface area (Å²) in [6.45, 7) is -0.0410. The molecule has 0 amide bonds. The molecule has 7 rings (SSSR count). The fourth-order valence-corrected chi connectivity index (χ4v) is 8.93. The van der Waals surface area contributed by atoms with Gasteiger partial charge in [0.05, 0.1) is 13.7 Å². The lowest BCUT2D eigenvalue weighted by molar-refractivity contribution is -0.0355. The zero-order chi connectivity index (χ0) is 24.5. The average Bonchev–Trinajstić information content (AvgIpc) is 3.23. The first-order valence-electron chi connectivity index (χ1n) is 13.5. The van der Waals surface area contributed by atoms with Crippen molar-refractivity contribution in [3.05, 3.63) is 77.9 Å². The van der Waals surface area contributed by atoms with Gasteiger partial charge in [0.1, 0.15) is 5.75 Å². The molecule has 0 heterocycles. The molecule has 3 aromatic rings. The highest BCUT2D eigenvalue weighted by atomic mass is 16.5. The van der Waals surface area contributed by atoms with Crippen molar-refractivity contribution in [1.29, 1.82) is 0 Å². The zero-order valence-electron chi connectivity index (χ0n) is 21.3. The molecular formula is C32H36N2O2. The molecule has 4 saturated carbocycles. The van der Waals surface area contributed by atoms with Crippen molar-refractivity contribution in [2.75, 3.05) is 24.4 Å². The maximum atomic E-state index is 9.74. The van der Waals surface area contributed by atoms with Crippen LogP contribution in [0.3, 0.4) is 0 Å². The number of hydrogen-bond acceptors (Lipinski definition) is 4. The largest absolute Gasteiger partial charge is 0.497 e. The molecule has 4 aliphatic rings. The van der Waals surface area contributed by atoms with Crippen LogP contribution >= 0.6 is 0 Å². The number of rotatable bonds is 7. The smallest absolute Gasteiger partial charge is 0.119 e. The average molecular weight is 481 g/mol. The van der Waals surface area contributed by atoms with E-state index in [4.69, 9.17) is 4.74 Å². The van der Waals surface area contributed by atoms with Crippen molar-refractivity contribution in [3.63, 3.8) is 0 Å². The van der Waals surface area contributed by atoms with Crippen molar-refractivity contribution in [2.45, 2.75) is 50.5 Å². The molecule has 4 aliphatic carbocycles. The monoisotopic (exact) mass is 480 g/mol. The molecule has 0 radical (unpaired) electrons. The molecule has 5 unspecified atom stereocenters. The van der Waals surface area contributed by atoms with Crippen LogP contribution in [0.4, 0.5) is 22.7 Å². The first kappa shape index (κ1) is 22.2. The van der Waals surface area contributed by atoms with Crippen LogP contribution in [0.25, 0.3) is 0 Å². The van der Waals surface area contributed by atoms with Crippen molar-refractivity contribution in [1.82, 2.24) is 0 Å². The summed E-state index contributed by atoms with van der Waals surface area (Å²) in [5.41, 5.74) is 7.81. The Labute approximate surface area is 214 Å². The maximum Gasteiger partial charge on any atom is 0.119 e. The van der Waals surface area contributed by atoms with E-state index in [0.29, 0.717) is 10.8 Å². The summed E-state index contributed by atoms with van der Waals surface area (Å²) < 4.78 is 5.28. The van der Waals surface area contributed by atoms with E-state index < -0.39 is 0 Å². The van der Waals surface area contributed by atoms with E-state index in [1.165, 1.54) is 44.2 Å². The van der Waals surface area contributed by atoms with Gasteiger partial charge in [0, 0.05) is 40.8 Å². The highest BCUT2D eigenvalue weighted by Crippen LogP contribution is 2.81. The number of methoxy groups -OCH3 is 1. The molecule has 4 fully saturated rings. The van der Waals surface area contributed by atoms with Gasteiger partial charge in [0.2, 0.25) is 0 Å². The molecule has 186 valence electrons. The number of nitrogens with one attached hydrogen (secondary N) is 1. The molecule has 4 nitrogen and oxygen atoms in total. The third kappa shape index (κ3) is 3.10. The van der Waals surface area contributed by atoms with Crippen molar-refractivity contribution < 1.29 is 9.84 Å². The van der Waals surface area contributed by atoms with Gasteiger partial charge < -0.3 is 20.1 Å². The minimum absolute atomic E-state index is 0.0410. The Morgan fingerprint density at radius 3 is 2.33 bits per heavy atom. The molecule has 0 saturated heterocycles. The van der Waals surface area contributed by atoms with E-state index in [9.17, 15) is 5.11 Å². The highest BCUT2D eigenvalue weighted by Gasteiger charge is 2.74. The second kappa shape index (κ2) is 8.01. The number of fused-ring (bicyclic) bond motifs is 2. The minimum atomic E-state index is -0.0410. The van der Waals surface area contributed by atoms with Gasteiger partial charge in [-0.2, -0.15) is 0 Å². The van der Waals surface area contributed by atoms with Gasteiger partial charge in [-0.25, -0.2) is 0 Å². The zero-order valence-corrected chi connectivity index (χ0v) is 21.3. The Bertz CT molecular complexity index is 1280. The summed E-state index contributed by atoms with van der Waals surface area (Å²) in [5, 5.41) is 13.2. The number of ether oxygens (including phenoxy) is 1. The maximum absolute atomic E-state index is 9.74. The predicted molar refractivity (Wildman–Crippen MR) is 145 cm³/mol. The van der Waals surface area contributed by atoms with Gasteiger partial charge in [-0.15, -0.1) is 0 Å². The van der Waals surface area contributed by atoms with Crippen LogP contribution in [0, 0.1) is 23.2 Å². The third-order valence-electron chi connectivity index (χ3n) is 10.4. The minimum Gasteiger partial charge on any atom is -0.497 e. The number of nitrogens with zero attached hydrogens (tertiary/aromatic N) is 1. The number of benzene rings is 3. The van der Waals surface area contributed by atoms with Crippen LogP contribution in [-0.2, 0) is 12.0 Å². The fourth-order valence-electron chi connectivity index (χ4n) is 8.93. The van der Waals surface area contributed by atoms with Crippen LogP contribution in [0.1, 0.15) is 49.7 Å². The Kier molecular flexibility index (Phi) is 4.95. The summed E-state index contributed by atoms with van der Waals surface area (Å²) in [6.07, 6.45) is 8.92. The normalized spacial score (nSPS) is 31.1. The number of anilines is 4. The lowest BCUT2D eigenvalue weighted by Crippen LogP contribution is -2.55. The molecule has 1 spiro atoms. The predicted octanol–water partition coefficient (Wildman–Crippen LogP) is 7.17. The Balaban J connectivity index is 1.07. The van der Waals surface area contributed by atoms with Gasteiger partial charge in [0.25, 0.3) is 0 Å². The molecule has 0 aliphatic heterocycles. The summed E-state index contributed by atoms with van der Waals surface area (Å²) in [4.78, 5) is 2.26. The van der Waals surface area contributed by atoms with Gasteiger partial charge >= 0.3 is 0 Å². The van der Waals surface area contributed by atoms with Crippen molar-refractivity contribution >= 4 is 22.7 Å². The standard InChI is InChI=1S/C32H36N2O2/c1-34(28-9-5-26(6-10-28)33-30-12-11-29(36-2)15-23(30)20-35)27-7-3-24(4-8-27)32-18-22-13-21-14-25(19-32)31(32,16-21)17-22/h3-12,15,21-22,25,33,35H,13-14,16-20H2,1-2H3. The first-order valence-corrected chi connectivity index (χ1v) is 13.5. The van der Waals surface area contributed by atoms with Crippen molar-refractivity contribution in [3.8, 4) is 5.75 Å². The van der Waals surface area contributed by atoms with Gasteiger partial charge in [0.15, 0.2) is 0 Å². The second-order valence-electron chi connectivity index (χ2n) is 11.9. The van der Waals surface area contributed by atoms with E-state index in [1.54, 1.807) is 12.7 Å². The SMILES string of the molecule is COc1ccc(Nc2ccc(N(C)c3ccc(C45CC6CC7CC(C4)C5(C7)C6)cc3)cc2)c(CO)c1. The summed E-state index contributed by atoms with van der Waals surface area (Å²) >= 11 is 0. The molecule has 5 atom stereocenters. The van der Waals surface area contributed by atoms with Crippen molar-refractivity contribution in [2.24, 2.45) is 23.2 Å². The lowest BCUT2D eigenvalue weighted by Gasteiger charge is -2.59. The molecule has 2 N–H and O–H groups in total. The molecule has 0 aromatic heterocycles. The Morgan fingerprint density at radius 2 is 1.61 bits per heavy atom. The topological polar surface area (TPSA) is 44.7 Å². The van der Waals surface area contributed by atoms with E-state index in [0.717, 1.165) is 46.1 Å². The van der Waals surface area contributed by atoms with Crippen LogP contribution < -0.4 is 15.0 Å².